The summed E-state index contributed by atoms with van der Waals surface area (Å²) in [5.74, 6) is 0. The topological polar surface area (TPSA) is 21.3 Å². The Labute approximate surface area is 56.6 Å². The molecule has 0 aromatic rings. The van der Waals surface area contributed by atoms with Gasteiger partial charge in [-0.2, -0.15) is 0 Å². The smallest absolute Gasteiger partial charge is 0.0531 e. The summed E-state index contributed by atoms with van der Waals surface area (Å²) < 4.78 is 5.06. The van der Waals surface area contributed by atoms with E-state index in [1.165, 1.54) is 6.42 Å². The third kappa shape index (κ3) is 1.25. The minimum absolute atomic E-state index is 0.434. The first-order valence-electron chi connectivity index (χ1n) is 3.39. The number of ether oxygens (including phenoxy) is 1. The van der Waals surface area contributed by atoms with Crippen molar-refractivity contribution < 1.29 is 4.74 Å². The molecule has 1 rings (SSSR count). The minimum Gasteiger partial charge on any atom is -0.384 e. The van der Waals surface area contributed by atoms with Gasteiger partial charge in [0.2, 0.25) is 0 Å². The Kier molecular flexibility index (Phi) is 1.78. The lowest BCUT2D eigenvalue weighted by Gasteiger charge is -2.07. The fourth-order valence-electron chi connectivity index (χ4n) is 1.35. The average Bonchev–Trinajstić information content (AvgIpc) is 2.43. The maximum Gasteiger partial charge on any atom is 0.0531 e. The Bertz CT molecular complexity index is 105. The predicted molar refractivity (Wildman–Crippen MR) is 37.4 cm³/mol. The molecule has 0 spiro atoms. The molecule has 0 aromatic heterocycles. The molecule has 1 saturated carbocycles. The molecule has 1 aliphatic carbocycles. The molecule has 1 N–H and O–H groups in total. The van der Waals surface area contributed by atoms with Crippen LogP contribution < -0.4 is 5.32 Å². The highest BCUT2D eigenvalue weighted by Crippen LogP contribution is 2.44. The van der Waals surface area contributed by atoms with Gasteiger partial charge in [0.1, 0.15) is 0 Å². The van der Waals surface area contributed by atoms with E-state index < -0.39 is 0 Å². The molecule has 0 bridgehead atoms. The highest BCUT2D eigenvalue weighted by Gasteiger charge is 2.48. The maximum atomic E-state index is 5.06. The molecule has 2 heteroatoms. The molecular weight excluding hydrogens is 114 g/mol. The minimum atomic E-state index is 0.434. The number of nitrogens with one attached hydrogen (secondary N) is 1. The zero-order valence-corrected chi connectivity index (χ0v) is 6.40. The van der Waals surface area contributed by atoms with Gasteiger partial charge in [-0.05, 0) is 13.5 Å². The van der Waals surface area contributed by atoms with Crippen molar-refractivity contribution in [2.75, 3.05) is 20.8 Å². The fourth-order valence-corrected chi connectivity index (χ4v) is 1.35. The molecule has 54 valence electrons. The largest absolute Gasteiger partial charge is 0.384 e. The van der Waals surface area contributed by atoms with Crippen LogP contribution in [0.25, 0.3) is 0 Å². The van der Waals surface area contributed by atoms with E-state index in [-0.39, 0.29) is 0 Å². The summed E-state index contributed by atoms with van der Waals surface area (Å²) >= 11 is 0. The molecule has 0 amide bonds. The number of methoxy groups -OCH3 is 1. The van der Waals surface area contributed by atoms with Gasteiger partial charge >= 0.3 is 0 Å². The molecule has 0 saturated heterocycles. The second-order valence-corrected chi connectivity index (χ2v) is 3.13. The van der Waals surface area contributed by atoms with E-state index in [2.05, 4.69) is 12.2 Å². The lowest BCUT2D eigenvalue weighted by atomic mass is 10.1. The summed E-state index contributed by atoms with van der Waals surface area (Å²) in [6, 6.07) is 0.692. The third-order valence-corrected chi connectivity index (χ3v) is 2.17. The van der Waals surface area contributed by atoms with Gasteiger partial charge in [0.05, 0.1) is 6.61 Å². The van der Waals surface area contributed by atoms with Gasteiger partial charge < -0.3 is 10.1 Å². The third-order valence-electron chi connectivity index (χ3n) is 2.17. The van der Waals surface area contributed by atoms with E-state index in [0.717, 1.165) is 6.61 Å². The van der Waals surface area contributed by atoms with Crippen LogP contribution in [0.2, 0.25) is 0 Å². The first-order valence-corrected chi connectivity index (χ1v) is 3.39. The second-order valence-electron chi connectivity index (χ2n) is 3.13. The molecule has 0 heterocycles. The van der Waals surface area contributed by atoms with Crippen LogP contribution in [0.1, 0.15) is 13.3 Å². The van der Waals surface area contributed by atoms with Gasteiger partial charge in [-0.25, -0.2) is 0 Å². The monoisotopic (exact) mass is 129 g/mol. The van der Waals surface area contributed by atoms with Gasteiger partial charge in [-0.1, -0.05) is 6.92 Å². The van der Waals surface area contributed by atoms with E-state index >= 15 is 0 Å². The van der Waals surface area contributed by atoms with E-state index in [1.54, 1.807) is 7.11 Å². The number of hydrogen-bond acceptors (Lipinski definition) is 2. The summed E-state index contributed by atoms with van der Waals surface area (Å²) in [5.41, 5.74) is 0.434. The summed E-state index contributed by atoms with van der Waals surface area (Å²) in [6.07, 6.45) is 1.26. The van der Waals surface area contributed by atoms with E-state index in [1.807, 2.05) is 7.05 Å². The van der Waals surface area contributed by atoms with Crippen LogP contribution in [0.15, 0.2) is 0 Å². The molecule has 0 aliphatic heterocycles. The highest BCUT2D eigenvalue weighted by atomic mass is 16.5. The van der Waals surface area contributed by atoms with Crippen molar-refractivity contribution in [3.8, 4) is 0 Å². The standard InChI is InChI=1S/C7H15NO/c1-7(5-9-3)4-6(7)8-2/h6,8H,4-5H2,1-3H3/t6-,7+/m1/s1. The van der Waals surface area contributed by atoms with Crippen molar-refractivity contribution in [3.63, 3.8) is 0 Å². The molecule has 2 atom stereocenters. The van der Waals surface area contributed by atoms with Crippen LogP contribution in [0.4, 0.5) is 0 Å². The normalized spacial score (nSPS) is 41.0. The van der Waals surface area contributed by atoms with E-state index in [0.29, 0.717) is 11.5 Å². The van der Waals surface area contributed by atoms with Crippen molar-refractivity contribution in [3.05, 3.63) is 0 Å². The SMILES string of the molecule is CN[C@@H]1C[C@@]1(C)COC. The number of hydrogen-bond donors (Lipinski definition) is 1. The maximum absolute atomic E-state index is 5.06. The zero-order chi connectivity index (χ0) is 6.91. The molecule has 0 aromatic carbocycles. The van der Waals surface area contributed by atoms with Crippen LogP contribution in [0.3, 0.4) is 0 Å². The molecule has 0 unspecified atom stereocenters. The van der Waals surface area contributed by atoms with Crippen molar-refractivity contribution in [2.45, 2.75) is 19.4 Å². The zero-order valence-electron chi connectivity index (χ0n) is 6.40. The van der Waals surface area contributed by atoms with Crippen molar-refractivity contribution in [2.24, 2.45) is 5.41 Å². The second kappa shape index (κ2) is 2.27. The van der Waals surface area contributed by atoms with Gasteiger partial charge in [0.25, 0.3) is 0 Å². The Morgan fingerprint density at radius 3 is 2.78 bits per heavy atom. The molecule has 0 radical (unpaired) electrons. The molecule has 1 aliphatic rings. The van der Waals surface area contributed by atoms with Crippen molar-refractivity contribution in [1.29, 1.82) is 0 Å². The van der Waals surface area contributed by atoms with Gasteiger partial charge in [0.15, 0.2) is 0 Å². The number of rotatable bonds is 3. The van der Waals surface area contributed by atoms with Crippen LogP contribution >= 0.6 is 0 Å². The predicted octanol–water partition coefficient (Wildman–Crippen LogP) is 0.631. The average molecular weight is 129 g/mol. The van der Waals surface area contributed by atoms with E-state index in [9.17, 15) is 0 Å². The Morgan fingerprint density at radius 1 is 1.78 bits per heavy atom. The molecule has 2 nitrogen and oxygen atoms in total. The summed E-state index contributed by atoms with van der Waals surface area (Å²) in [7, 11) is 3.77. The molecular formula is C7H15NO. The Morgan fingerprint density at radius 2 is 2.44 bits per heavy atom. The van der Waals surface area contributed by atoms with Crippen LogP contribution in [0.5, 0.6) is 0 Å². The summed E-state index contributed by atoms with van der Waals surface area (Å²) in [6.45, 7) is 3.14. The van der Waals surface area contributed by atoms with E-state index in [4.69, 9.17) is 4.74 Å². The fraction of sp³-hybridized carbons (Fsp3) is 1.00. The highest BCUT2D eigenvalue weighted by molar-refractivity contribution is 5.03. The van der Waals surface area contributed by atoms with Crippen LogP contribution in [-0.2, 0) is 4.74 Å². The molecule has 1 fully saturated rings. The van der Waals surface area contributed by atoms with Gasteiger partial charge in [-0.15, -0.1) is 0 Å². The first-order chi connectivity index (χ1) is 4.23. The van der Waals surface area contributed by atoms with Gasteiger partial charge in [0, 0.05) is 18.6 Å². The van der Waals surface area contributed by atoms with Crippen LogP contribution in [-0.4, -0.2) is 26.8 Å². The molecule has 9 heavy (non-hydrogen) atoms. The Hall–Kier alpha value is -0.0800. The lowest BCUT2D eigenvalue weighted by Crippen LogP contribution is -2.19. The summed E-state index contributed by atoms with van der Waals surface area (Å²) in [5, 5.41) is 3.23. The lowest BCUT2D eigenvalue weighted by molar-refractivity contribution is 0.145. The van der Waals surface area contributed by atoms with Crippen molar-refractivity contribution >= 4 is 0 Å². The summed E-state index contributed by atoms with van der Waals surface area (Å²) in [4.78, 5) is 0. The van der Waals surface area contributed by atoms with Gasteiger partial charge in [-0.3, -0.25) is 0 Å². The first kappa shape index (κ1) is 7.03. The Balaban J connectivity index is 2.25. The van der Waals surface area contributed by atoms with Crippen LogP contribution in [0, 0.1) is 5.41 Å². The quantitative estimate of drug-likeness (QED) is 0.603. The van der Waals surface area contributed by atoms with Crippen molar-refractivity contribution in [1.82, 2.24) is 5.32 Å².